The van der Waals surface area contributed by atoms with E-state index in [1.54, 1.807) is 17.1 Å². The molecular weight excluding hydrogens is 280 g/mol. The Labute approximate surface area is 129 Å². The van der Waals surface area contributed by atoms with Crippen LogP contribution in [0.3, 0.4) is 0 Å². The number of aromatic nitrogens is 3. The van der Waals surface area contributed by atoms with Crippen LogP contribution < -0.4 is 10.6 Å². The molecule has 1 fully saturated rings. The Balaban J connectivity index is 1.53. The summed E-state index contributed by atoms with van der Waals surface area (Å²) in [5.41, 5.74) is 0.668. The Kier molecular flexibility index (Phi) is 4.34. The van der Waals surface area contributed by atoms with Gasteiger partial charge in [0.1, 0.15) is 0 Å². The summed E-state index contributed by atoms with van der Waals surface area (Å²) in [5.74, 6) is 0.714. The van der Waals surface area contributed by atoms with Crippen molar-refractivity contribution in [3.63, 3.8) is 0 Å². The number of pyridine rings is 1. The quantitative estimate of drug-likeness (QED) is 0.900. The number of hydrogen-bond acceptors (Lipinski definition) is 4. The Morgan fingerprint density at radius 3 is 2.77 bits per heavy atom. The summed E-state index contributed by atoms with van der Waals surface area (Å²) in [6.07, 6.45) is 7.12. The average molecular weight is 300 g/mol. The zero-order valence-electron chi connectivity index (χ0n) is 12.6. The Morgan fingerprint density at radius 1 is 1.32 bits per heavy atom. The molecule has 3 heterocycles. The molecule has 2 N–H and O–H groups in total. The Morgan fingerprint density at radius 2 is 2.14 bits per heavy atom. The molecule has 0 aliphatic carbocycles. The van der Waals surface area contributed by atoms with E-state index in [1.165, 1.54) is 0 Å². The van der Waals surface area contributed by atoms with Gasteiger partial charge < -0.3 is 15.5 Å². The molecule has 0 aromatic carbocycles. The highest BCUT2D eigenvalue weighted by Crippen LogP contribution is 2.11. The molecule has 7 nitrogen and oxygen atoms in total. The molecular formula is C15H20N6O. The second kappa shape index (κ2) is 6.57. The van der Waals surface area contributed by atoms with Crippen molar-refractivity contribution in [1.82, 2.24) is 25.0 Å². The molecule has 1 saturated heterocycles. The molecule has 0 bridgehead atoms. The minimum Gasteiger partial charge on any atom is -0.335 e. The molecule has 7 heteroatoms. The van der Waals surface area contributed by atoms with Crippen molar-refractivity contribution in [3.05, 3.63) is 36.8 Å². The monoisotopic (exact) mass is 300 g/mol. The lowest BCUT2D eigenvalue weighted by atomic mass is 10.1. The van der Waals surface area contributed by atoms with Crippen LogP contribution in [-0.4, -0.2) is 51.9 Å². The topological polar surface area (TPSA) is 75.1 Å². The average Bonchev–Trinajstić information content (AvgIpc) is 3.05. The standard InChI is InChI=1S/C15H20N6O/c1-20-9-5-12(6-10-20)18-15(22)19-13-3-4-14(16-11-13)21-8-2-7-17-21/h2-4,7-8,11-12H,5-6,9-10H2,1H3,(H2,18,19,22). The lowest BCUT2D eigenvalue weighted by molar-refractivity contribution is 0.221. The van der Waals surface area contributed by atoms with Crippen LogP contribution in [0.15, 0.2) is 36.8 Å². The highest BCUT2D eigenvalue weighted by Gasteiger charge is 2.18. The molecule has 0 saturated carbocycles. The van der Waals surface area contributed by atoms with E-state index in [0.717, 1.165) is 25.9 Å². The van der Waals surface area contributed by atoms with Gasteiger partial charge in [-0.2, -0.15) is 5.10 Å². The van der Waals surface area contributed by atoms with Crippen molar-refractivity contribution in [1.29, 1.82) is 0 Å². The number of nitrogens with zero attached hydrogens (tertiary/aromatic N) is 4. The predicted molar refractivity (Wildman–Crippen MR) is 84.0 cm³/mol. The first-order valence-corrected chi connectivity index (χ1v) is 7.43. The summed E-state index contributed by atoms with van der Waals surface area (Å²) in [5, 5.41) is 9.94. The zero-order valence-corrected chi connectivity index (χ0v) is 12.6. The van der Waals surface area contributed by atoms with E-state index in [2.05, 4.69) is 32.7 Å². The van der Waals surface area contributed by atoms with Crippen LogP contribution in [0.4, 0.5) is 10.5 Å². The molecule has 0 unspecified atom stereocenters. The van der Waals surface area contributed by atoms with Crippen molar-refractivity contribution < 1.29 is 4.79 Å². The van der Waals surface area contributed by atoms with Gasteiger partial charge in [-0.05, 0) is 51.2 Å². The van der Waals surface area contributed by atoms with E-state index in [9.17, 15) is 4.79 Å². The SMILES string of the molecule is CN1CCC(NC(=O)Nc2ccc(-n3cccn3)nc2)CC1. The summed E-state index contributed by atoms with van der Waals surface area (Å²) >= 11 is 0. The van der Waals surface area contributed by atoms with E-state index in [0.29, 0.717) is 11.5 Å². The molecule has 1 aliphatic rings. The van der Waals surface area contributed by atoms with Gasteiger partial charge in [-0.25, -0.2) is 14.5 Å². The van der Waals surface area contributed by atoms with Gasteiger partial charge >= 0.3 is 6.03 Å². The largest absolute Gasteiger partial charge is 0.335 e. The fourth-order valence-electron chi connectivity index (χ4n) is 2.51. The number of carbonyl (C=O) groups is 1. The second-order valence-corrected chi connectivity index (χ2v) is 5.53. The maximum absolute atomic E-state index is 12.0. The number of anilines is 1. The van der Waals surface area contributed by atoms with E-state index < -0.39 is 0 Å². The smallest absolute Gasteiger partial charge is 0.319 e. The predicted octanol–water partition coefficient (Wildman–Crippen LogP) is 1.48. The lowest BCUT2D eigenvalue weighted by Crippen LogP contribution is -2.44. The molecule has 2 amide bonds. The Hall–Kier alpha value is -2.41. The molecule has 2 aromatic heterocycles. The molecule has 2 aromatic rings. The number of nitrogens with one attached hydrogen (secondary N) is 2. The van der Waals surface area contributed by atoms with Crippen LogP contribution in [0.5, 0.6) is 0 Å². The number of rotatable bonds is 3. The number of urea groups is 1. The van der Waals surface area contributed by atoms with Crippen molar-refractivity contribution in [2.75, 3.05) is 25.5 Å². The van der Waals surface area contributed by atoms with Crippen molar-refractivity contribution >= 4 is 11.7 Å². The molecule has 1 aliphatic heterocycles. The van der Waals surface area contributed by atoms with E-state index in [-0.39, 0.29) is 12.1 Å². The van der Waals surface area contributed by atoms with Gasteiger partial charge in [0.15, 0.2) is 5.82 Å². The van der Waals surface area contributed by atoms with Gasteiger partial charge in [-0.1, -0.05) is 0 Å². The van der Waals surface area contributed by atoms with Gasteiger partial charge in [0.25, 0.3) is 0 Å². The third kappa shape index (κ3) is 3.62. The molecule has 0 spiro atoms. The third-order valence-corrected chi connectivity index (χ3v) is 3.80. The maximum atomic E-state index is 12.0. The first-order valence-electron chi connectivity index (χ1n) is 7.43. The van der Waals surface area contributed by atoms with Gasteiger partial charge in [-0.3, -0.25) is 0 Å². The number of piperidine rings is 1. The molecule has 0 atom stereocenters. The summed E-state index contributed by atoms with van der Waals surface area (Å²) in [6, 6.07) is 5.54. The minimum absolute atomic E-state index is 0.178. The number of carbonyl (C=O) groups excluding carboxylic acids is 1. The van der Waals surface area contributed by atoms with Crippen molar-refractivity contribution in [2.24, 2.45) is 0 Å². The van der Waals surface area contributed by atoms with Crippen LogP contribution in [-0.2, 0) is 0 Å². The zero-order chi connectivity index (χ0) is 15.4. The van der Waals surface area contributed by atoms with Gasteiger partial charge in [0, 0.05) is 18.4 Å². The van der Waals surface area contributed by atoms with Crippen LogP contribution in [0, 0.1) is 0 Å². The number of hydrogen-bond donors (Lipinski definition) is 2. The molecule has 0 radical (unpaired) electrons. The maximum Gasteiger partial charge on any atom is 0.319 e. The van der Waals surface area contributed by atoms with Gasteiger partial charge in [-0.15, -0.1) is 0 Å². The van der Waals surface area contributed by atoms with E-state index in [1.807, 2.05) is 24.4 Å². The summed E-state index contributed by atoms with van der Waals surface area (Å²) in [7, 11) is 2.10. The third-order valence-electron chi connectivity index (χ3n) is 3.80. The fourth-order valence-corrected chi connectivity index (χ4v) is 2.51. The summed E-state index contributed by atoms with van der Waals surface area (Å²) in [6.45, 7) is 2.04. The van der Waals surface area contributed by atoms with E-state index >= 15 is 0 Å². The second-order valence-electron chi connectivity index (χ2n) is 5.53. The summed E-state index contributed by atoms with van der Waals surface area (Å²) in [4.78, 5) is 18.5. The first kappa shape index (κ1) is 14.5. The van der Waals surface area contributed by atoms with Crippen LogP contribution >= 0.6 is 0 Å². The highest BCUT2D eigenvalue weighted by molar-refractivity contribution is 5.89. The van der Waals surface area contributed by atoms with Crippen LogP contribution in [0.2, 0.25) is 0 Å². The first-order chi connectivity index (χ1) is 10.7. The van der Waals surface area contributed by atoms with Crippen LogP contribution in [0.1, 0.15) is 12.8 Å². The molecule has 116 valence electrons. The highest BCUT2D eigenvalue weighted by atomic mass is 16.2. The number of likely N-dealkylation sites (tertiary alicyclic amines) is 1. The van der Waals surface area contributed by atoms with Crippen molar-refractivity contribution in [3.8, 4) is 5.82 Å². The van der Waals surface area contributed by atoms with E-state index in [4.69, 9.17) is 0 Å². The molecule has 22 heavy (non-hydrogen) atoms. The number of amides is 2. The normalized spacial score (nSPS) is 16.4. The van der Waals surface area contributed by atoms with Gasteiger partial charge in [0.2, 0.25) is 0 Å². The Bertz CT molecular complexity index is 601. The van der Waals surface area contributed by atoms with Crippen molar-refractivity contribution in [2.45, 2.75) is 18.9 Å². The minimum atomic E-state index is -0.178. The molecule has 3 rings (SSSR count). The van der Waals surface area contributed by atoms with Crippen LogP contribution in [0.25, 0.3) is 5.82 Å². The fraction of sp³-hybridized carbons (Fsp3) is 0.400. The van der Waals surface area contributed by atoms with Gasteiger partial charge in [0.05, 0.1) is 11.9 Å². The lowest BCUT2D eigenvalue weighted by Gasteiger charge is -2.29. The summed E-state index contributed by atoms with van der Waals surface area (Å²) < 4.78 is 1.67.